The number of halogens is 4. The fourth-order valence-electron chi connectivity index (χ4n) is 6.77. The standard InChI is InChI=1S/C32H24F4N4O/c1-19-13-28-21(16-38-40(28)24-9-7-23(33)8-10-24)14-25(19)31-18-39(17-26(31)29(31)20-5-3-2-4-6-20)30(41)27-15-22(11-12-37-27)32(34,35)36/h2-16,26,29H,17-18H2,1H3. The van der Waals surface area contributed by atoms with E-state index in [2.05, 4.69) is 34.3 Å². The number of hydrogen-bond donors (Lipinski definition) is 0. The molecule has 0 N–H and O–H groups in total. The number of amides is 1. The highest BCUT2D eigenvalue weighted by Gasteiger charge is 2.71. The molecule has 3 unspecified atom stereocenters. The smallest absolute Gasteiger partial charge is 0.336 e. The maximum Gasteiger partial charge on any atom is 0.416 e. The molecule has 0 spiro atoms. The molecular formula is C32H24F4N4O. The molecule has 7 rings (SSSR count). The number of rotatable bonds is 4. The Morgan fingerprint density at radius 3 is 2.49 bits per heavy atom. The second-order valence-corrected chi connectivity index (χ2v) is 10.9. The van der Waals surface area contributed by atoms with Crippen molar-refractivity contribution in [3.05, 3.63) is 125 Å². The molecular weight excluding hydrogens is 532 g/mol. The van der Waals surface area contributed by atoms with Crippen LogP contribution in [0.1, 0.15) is 38.7 Å². The van der Waals surface area contributed by atoms with Crippen LogP contribution in [0.4, 0.5) is 17.6 Å². The molecule has 1 saturated carbocycles. The van der Waals surface area contributed by atoms with Gasteiger partial charge in [-0.1, -0.05) is 30.3 Å². The predicted octanol–water partition coefficient (Wildman–Crippen LogP) is 6.69. The van der Waals surface area contributed by atoms with Crippen LogP contribution in [0.2, 0.25) is 0 Å². The third kappa shape index (κ3) is 4.02. The zero-order valence-electron chi connectivity index (χ0n) is 21.9. The van der Waals surface area contributed by atoms with Crippen molar-refractivity contribution in [3.63, 3.8) is 0 Å². The van der Waals surface area contributed by atoms with E-state index in [-0.39, 0.29) is 23.3 Å². The van der Waals surface area contributed by atoms with E-state index in [0.717, 1.165) is 46.0 Å². The molecule has 41 heavy (non-hydrogen) atoms. The van der Waals surface area contributed by atoms with Gasteiger partial charge in [-0.2, -0.15) is 18.3 Å². The highest BCUT2D eigenvalue weighted by Crippen LogP contribution is 2.70. The highest BCUT2D eigenvalue weighted by atomic mass is 19.4. The molecule has 3 heterocycles. The second-order valence-electron chi connectivity index (χ2n) is 10.9. The summed E-state index contributed by atoms with van der Waals surface area (Å²) in [6.45, 7) is 2.82. The van der Waals surface area contributed by atoms with Crippen molar-refractivity contribution < 1.29 is 22.4 Å². The molecule has 2 aliphatic rings. The molecule has 1 aliphatic carbocycles. The molecule has 1 amide bonds. The van der Waals surface area contributed by atoms with Gasteiger partial charge in [0.05, 0.1) is 23.0 Å². The Balaban J connectivity index is 1.28. The normalized spacial score (nSPS) is 21.7. The van der Waals surface area contributed by atoms with Gasteiger partial charge in [-0.05, 0) is 78.1 Å². The van der Waals surface area contributed by atoms with Crippen molar-refractivity contribution in [1.82, 2.24) is 19.7 Å². The van der Waals surface area contributed by atoms with Gasteiger partial charge < -0.3 is 4.90 Å². The van der Waals surface area contributed by atoms with E-state index in [4.69, 9.17) is 0 Å². The number of nitrogens with zero attached hydrogens (tertiary/aromatic N) is 4. The maximum atomic E-state index is 13.5. The molecule has 2 fully saturated rings. The number of pyridine rings is 1. The van der Waals surface area contributed by atoms with Crippen LogP contribution >= 0.6 is 0 Å². The van der Waals surface area contributed by atoms with E-state index in [0.29, 0.717) is 13.1 Å². The molecule has 206 valence electrons. The minimum Gasteiger partial charge on any atom is -0.336 e. The summed E-state index contributed by atoms with van der Waals surface area (Å²) < 4.78 is 55.3. The number of carbonyl (C=O) groups is 1. The van der Waals surface area contributed by atoms with Crippen molar-refractivity contribution in [2.75, 3.05) is 13.1 Å². The van der Waals surface area contributed by atoms with Gasteiger partial charge in [0, 0.05) is 36.0 Å². The van der Waals surface area contributed by atoms with Crippen LogP contribution in [0.5, 0.6) is 0 Å². The molecule has 3 aromatic carbocycles. The summed E-state index contributed by atoms with van der Waals surface area (Å²) in [6.07, 6.45) is -1.75. The Kier molecular flexibility index (Phi) is 5.58. The van der Waals surface area contributed by atoms with Crippen molar-refractivity contribution in [2.24, 2.45) is 5.92 Å². The average molecular weight is 557 g/mol. The first-order chi connectivity index (χ1) is 19.7. The molecule has 2 aromatic heterocycles. The van der Waals surface area contributed by atoms with Gasteiger partial charge in [0.2, 0.25) is 0 Å². The van der Waals surface area contributed by atoms with Gasteiger partial charge in [0.1, 0.15) is 11.5 Å². The van der Waals surface area contributed by atoms with Crippen molar-refractivity contribution in [2.45, 2.75) is 24.4 Å². The van der Waals surface area contributed by atoms with Crippen LogP contribution in [-0.4, -0.2) is 38.7 Å². The molecule has 0 radical (unpaired) electrons. The zero-order valence-corrected chi connectivity index (χ0v) is 21.9. The molecule has 0 bridgehead atoms. The summed E-state index contributed by atoms with van der Waals surface area (Å²) in [5, 5.41) is 5.47. The molecule has 9 heteroatoms. The second kappa shape index (κ2) is 8.99. The van der Waals surface area contributed by atoms with E-state index in [1.807, 2.05) is 25.1 Å². The first kappa shape index (κ1) is 25.4. The molecule has 3 atom stereocenters. The fourth-order valence-corrected chi connectivity index (χ4v) is 6.77. The van der Waals surface area contributed by atoms with E-state index in [1.165, 1.54) is 17.7 Å². The van der Waals surface area contributed by atoms with Gasteiger partial charge in [-0.25, -0.2) is 9.07 Å². The summed E-state index contributed by atoms with van der Waals surface area (Å²) in [5.41, 5.74) is 3.41. The topological polar surface area (TPSA) is 51.0 Å². The molecule has 1 saturated heterocycles. The Hall–Kier alpha value is -4.53. The summed E-state index contributed by atoms with van der Waals surface area (Å²) in [5.74, 6) is -0.569. The van der Waals surface area contributed by atoms with Gasteiger partial charge in [-0.15, -0.1) is 0 Å². The minimum atomic E-state index is -4.56. The zero-order chi connectivity index (χ0) is 28.5. The predicted molar refractivity (Wildman–Crippen MR) is 145 cm³/mol. The first-order valence-electron chi connectivity index (χ1n) is 13.3. The third-order valence-corrected chi connectivity index (χ3v) is 8.62. The van der Waals surface area contributed by atoms with E-state index in [9.17, 15) is 22.4 Å². The lowest BCUT2D eigenvalue weighted by atomic mass is 9.86. The summed E-state index contributed by atoms with van der Waals surface area (Å²) in [4.78, 5) is 19.1. The van der Waals surface area contributed by atoms with Gasteiger partial charge in [-0.3, -0.25) is 9.78 Å². The van der Waals surface area contributed by atoms with Gasteiger partial charge >= 0.3 is 6.18 Å². The van der Waals surface area contributed by atoms with Crippen molar-refractivity contribution >= 4 is 16.8 Å². The molecule has 1 aliphatic heterocycles. The Labute approximate surface area is 233 Å². The van der Waals surface area contributed by atoms with E-state index < -0.39 is 23.1 Å². The SMILES string of the molecule is Cc1cc2c(cnn2-c2ccc(F)cc2)cc1C12CN(C(=O)c3cc(C(F)(F)F)ccn3)CC1C2c1ccccc1. The number of benzene rings is 3. The van der Waals surface area contributed by atoms with Crippen LogP contribution in [-0.2, 0) is 11.6 Å². The number of piperidine rings is 1. The number of carbonyl (C=O) groups excluding carboxylic acids is 1. The number of hydrogen-bond acceptors (Lipinski definition) is 3. The van der Waals surface area contributed by atoms with Crippen LogP contribution in [0.25, 0.3) is 16.6 Å². The number of likely N-dealkylation sites (tertiary alicyclic amines) is 1. The first-order valence-corrected chi connectivity index (χ1v) is 13.3. The fraction of sp³-hybridized carbons (Fsp3) is 0.219. The minimum absolute atomic E-state index is 0.0999. The third-order valence-electron chi connectivity index (χ3n) is 8.62. The van der Waals surface area contributed by atoms with Gasteiger partial charge in [0.15, 0.2) is 0 Å². The van der Waals surface area contributed by atoms with Crippen molar-refractivity contribution in [1.29, 1.82) is 0 Å². The van der Waals surface area contributed by atoms with Crippen LogP contribution in [0.3, 0.4) is 0 Å². The molecule has 5 nitrogen and oxygen atoms in total. The number of alkyl halides is 3. The summed E-state index contributed by atoms with van der Waals surface area (Å²) >= 11 is 0. The van der Waals surface area contributed by atoms with Crippen LogP contribution in [0, 0.1) is 18.7 Å². The molecule has 5 aromatic rings. The lowest BCUT2D eigenvalue weighted by Crippen LogP contribution is -2.35. The van der Waals surface area contributed by atoms with Crippen LogP contribution in [0.15, 0.2) is 91.3 Å². The monoisotopic (exact) mass is 556 g/mol. The van der Waals surface area contributed by atoms with Crippen molar-refractivity contribution in [3.8, 4) is 5.69 Å². The number of aromatic nitrogens is 3. The lowest BCUT2D eigenvalue weighted by molar-refractivity contribution is -0.137. The Morgan fingerprint density at radius 2 is 1.76 bits per heavy atom. The highest BCUT2D eigenvalue weighted by molar-refractivity contribution is 5.93. The largest absolute Gasteiger partial charge is 0.416 e. The Morgan fingerprint density at radius 1 is 1.00 bits per heavy atom. The summed E-state index contributed by atoms with van der Waals surface area (Å²) in [7, 11) is 0. The number of aryl methyl sites for hydroxylation is 1. The quantitative estimate of drug-likeness (QED) is 0.232. The Bertz CT molecular complexity index is 1800. The average Bonchev–Trinajstić information content (AvgIpc) is 3.22. The van der Waals surface area contributed by atoms with E-state index in [1.54, 1.807) is 27.9 Å². The summed E-state index contributed by atoms with van der Waals surface area (Å²) in [6, 6.07) is 22.1. The van der Waals surface area contributed by atoms with Gasteiger partial charge in [0.25, 0.3) is 5.91 Å². The maximum absolute atomic E-state index is 13.5. The number of fused-ring (bicyclic) bond motifs is 2. The van der Waals surface area contributed by atoms with Crippen LogP contribution < -0.4 is 0 Å². The lowest BCUT2D eigenvalue weighted by Gasteiger charge is -2.26. The van der Waals surface area contributed by atoms with E-state index >= 15 is 0 Å².